The van der Waals surface area contributed by atoms with Crippen LogP contribution < -0.4 is 10.1 Å². The van der Waals surface area contributed by atoms with E-state index in [9.17, 15) is 5.11 Å². The summed E-state index contributed by atoms with van der Waals surface area (Å²) in [5, 5.41) is 12.5. The Balaban J connectivity index is 2.03. The number of aryl methyl sites for hydroxylation is 1. The molecule has 2 rings (SSSR count). The van der Waals surface area contributed by atoms with E-state index in [0.717, 1.165) is 29.2 Å². The Kier molecular flexibility index (Phi) is 4.47. The first-order valence-electron chi connectivity index (χ1n) is 6.36. The van der Waals surface area contributed by atoms with Crippen molar-refractivity contribution in [2.75, 3.05) is 12.4 Å². The maximum absolute atomic E-state index is 9.27. The summed E-state index contributed by atoms with van der Waals surface area (Å²) in [6, 6.07) is 9.60. The number of furan rings is 1. The van der Waals surface area contributed by atoms with E-state index in [1.807, 2.05) is 30.3 Å². The number of hydrogen-bond acceptors (Lipinski definition) is 4. The molecule has 0 atom stereocenters. The van der Waals surface area contributed by atoms with Crippen LogP contribution >= 0.6 is 0 Å². The van der Waals surface area contributed by atoms with Crippen LogP contribution in [0.3, 0.4) is 0 Å². The molecule has 0 aliphatic rings. The zero-order valence-electron chi connectivity index (χ0n) is 11.3. The van der Waals surface area contributed by atoms with Gasteiger partial charge in [-0.2, -0.15) is 0 Å². The summed E-state index contributed by atoms with van der Waals surface area (Å²) in [4.78, 5) is 0. The number of aliphatic hydroxyl groups excluding tert-OH is 1. The number of benzene rings is 1. The lowest BCUT2D eigenvalue weighted by molar-refractivity contribution is 0.274. The molecule has 2 aromatic rings. The first-order chi connectivity index (χ1) is 9.26. The minimum Gasteiger partial charge on any atom is -0.496 e. The smallest absolute Gasteiger partial charge is 0.124 e. The molecule has 0 amide bonds. The molecule has 0 saturated carbocycles. The Morgan fingerprint density at radius 1 is 1.21 bits per heavy atom. The second-order valence-corrected chi connectivity index (χ2v) is 4.26. The maximum Gasteiger partial charge on any atom is 0.124 e. The number of nitrogens with one attached hydrogen (secondary N) is 1. The largest absolute Gasteiger partial charge is 0.496 e. The summed E-state index contributed by atoms with van der Waals surface area (Å²) in [5.74, 6) is 2.58. The summed E-state index contributed by atoms with van der Waals surface area (Å²) in [5.41, 5.74) is 1.69. The van der Waals surface area contributed by atoms with Crippen molar-refractivity contribution < 1.29 is 14.3 Å². The summed E-state index contributed by atoms with van der Waals surface area (Å²) in [6.45, 7) is 2.64. The topological polar surface area (TPSA) is 54.6 Å². The van der Waals surface area contributed by atoms with Crippen LogP contribution in [0.25, 0.3) is 0 Å². The highest BCUT2D eigenvalue weighted by Gasteiger charge is 2.04. The van der Waals surface area contributed by atoms with Gasteiger partial charge in [-0.1, -0.05) is 6.92 Å². The molecule has 0 fully saturated rings. The Morgan fingerprint density at radius 3 is 2.63 bits per heavy atom. The van der Waals surface area contributed by atoms with Crippen LogP contribution in [0.5, 0.6) is 5.75 Å². The molecule has 0 bridgehead atoms. The molecule has 0 unspecified atom stereocenters. The molecule has 0 spiro atoms. The Bertz CT molecular complexity index is 534. The molecular weight excluding hydrogens is 242 g/mol. The van der Waals surface area contributed by atoms with Crippen molar-refractivity contribution in [2.24, 2.45) is 0 Å². The predicted octanol–water partition coefficient (Wildman–Crippen LogP) is 2.96. The fraction of sp³-hybridized carbons (Fsp3) is 0.333. The van der Waals surface area contributed by atoms with E-state index in [1.54, 1.807) is 7.11 Å². The van der Waals surface area contributed by atoms with E-state index in [-0.39, 0.29) is 6.61 Å². The lowest BCUT2D eigenvalue weighted by Gasteiger charge is -2.10. The molecule has 1 aromatic carbocycles. The average Bonchev–Trinajstić information content (AvgIpc) is 2.92. The van der Waals surface area contributed by atoms with Crippen molar-refractivity contribution in [2.45, 2.75) is 26.5 Å². The van der Waals surface area contributed by atoms with Crippen LogP contribution in [0.15, 0.2) is 34.7 Å². The van der Waals surface area contributed by atoms with Gasteiger partial charge in [0.2, 0.25) is 0 Å². The van der Waals surface area contributed by atoms with E-state index in [0.29, 0.717) is 12.3 Å². The second kappa shape index (κ2) is 6.29. The first-order valence-corrected chi connectivity index (χ1v) is 6.36. The highest BCUT2D eigenvalue weighted by molar-refractivity contribution is 5.51. The Morgan fingerprint density at radius 2 is 2.00 bits per heavy atom. The molecule has 0 saturated heterocycles. The minimum absolute atomic E-state index is 0.0422. The van der Waals surface area contributed by atoms with Gasteiger partial charge < -0.3 is 19.6 Å². The van der Waals surface area contributed by atoms with E-state index < -0.39 is 0 Å². The minimum atomic E-state index is -0.0422. The van der Waals surface area contributed by atoms with Crippen molar-refractivity contribution >= 4 is 5.69 Å². The van der Waals surface area contributed by atoms with Gasteiger partial charge in [-0.3, -0.25) is 0 Å². The second-order valence-electron chi connectivity index (χ2n) is 4.26. The van der Waals surface area contributed by atoms with Gasteiger partial charge in [0.25, 0.3) is 0 Å². The van der Waals surface area contributed by atoms with Crippen LogP contribution in [-0.4, -0.2) is 12.2 Å². The van der Waals surface area contributed by atoms with E-state index in [4.69, 9.17) is 9.15 Å². The highest BCUT2D eigenvalue weighted by atomic mass is 16.5. The number of hydrogen-bond donors (Lipinski definition) is 2. The lowest BCUT2D eigenvalue weighted by Crippen LogP contribution is -2.00. The van der Waals surface area contributed by atoms with E-state index >= 15 is 0 Å². The van der Waals surface area contributed by atoms with Crippen molar-refractivity contribution in [3.63, 3.8) is 0 Å². The summed E-state index contributed by atoms with van der Waals surface area (Å²) in [7, 11) is 1.59. The predicted molar refractivity (Wildman–Crippen MR) is 74.3 cm³/mol. The van der Waals surface area contributed by atoms with Gasteiger partial charge in [-0.25, -0.2) is 0 Å². The first kappa shape index (κ1) is 13.5. The highest BCUT2D eigenvalue weighted by Crippen LogP contribution is 2.23. The number of aliphatic hydroxyl groups is 1. The third-order valence-corrected chi connectivity index (χ3v) is 2.98. The third-order valence-electron chi connectivity index (χ3n) is 2.98. The lowest BCUT2D eigenvalue weighted by atomic mass is 10.2. The quantitative estimate of drug-likeness (QED) is 0.839. The standard InChI is InChI=1S/C15H19NO3/c1-3-13-5-6-14(19-13)9-16-12-4-7-15(18-2)11(8-12)10-17/h4-8,16-17H,3,9-10H2,1-2H3. The number of ether oxygens (including phenoxy) is 1. The molecule has 19 heavy (non-hydrogen) atoms. The van der Waals surface area contributed by atoms with Crippen molar-refractivity contribution in [3.8, 4) is 5.75 Å². The van der Waals surface area contributed by atoms with Gasteiger partial charge in [0, 0.05) is 17.7 Å². The summed E-state index contributed by atoms with van der Waals surface area (Å²) < 4.78 is 10.8. The van der Waals surface area contributed by atoms with Crippen molar-refractivity contribution in [1.29, 1.82) is 0 Å². The van der Waals surface area contributed by atoms with Gasteiger partial charge >= 0.3 is 0 Å². The monoisotopic (exact) mass is 261 g/mol. The van der Waals surface area contributed by atoms with Crippen molar-refractivity contribution in [1.82, 2.24) is 0 Å². The molecule has 0 aliphatic carbocycles. The van der Waals surface area contributed by atoms with E-state index in [2.05, 4.69) is 12.2 Å². The number of methoxy groups -OCH3 is 1. The molecule has 1 heterocycles. The summed E-state index contributed by atoms with van der Waals surface area (Å²) >= 11 is 0. The van der Waals surface area contributed by atoms with E-state index in [1.165, 1.54) is 0 Å². The summed E-state index contributed by atoms with van der Waals surface area (Å²) in [6.07, 6.45) is 0.900. The molecule has 4 nitrogen and oxygen atoms in total. The van der Waals surface area contributed by atoms with Crippen molar-refractivity contribution in [3.05, 3.63) is 47.4 Å². The van der Waals surface area contributed by atoms with Crippen LogP contribution in [0.1, 0.15) is 24.0 Å². The third kappa shape index (κ3) is 3.29. The van der Waals surface area contributed by atoms with Crippen LogP contribution in [0.2, 0.25) is 0 Å². The van der Waals surface area contributed by atoms with Crippen LogP contribution in [-0.2, 0) is 19.6 Å². The zero-order chi connectivity index (χ0) is 13.7. The fourth-order valence-corrected chi connectivity index (χ4v) is 1.91. The molecule has 4 heteroatoms. The molecule has 0 aliphatic heterocycles. The Hall–Kier alpha value is -1.94. The Labute approximate surface area is 113 Å². The molecular formula is C15H19NO3. The van der Waals surface area contributed by atoms with Gasteiger partial charge in [0.1, 0.15) is 17.3 Å². The normalized spacial score (nSPS) is 10.5. The maximum atomic E-state index is 9.27. The van der Waals surface area contributed by atoms with Crippen LogP contribution in [0, 0.1) is 0 Å². The molecule has 102 valence electrons. The van der Waals surface area contributed by atoms with Gasteiger partial charge in [0.05, 0.1) is 20.3 Å². The zero-order valence-corrected chi connectivity index (χ0v) is 11.3. The van der Waals surface area contributed by atoms with Gasteiger partial charge in [-0.15, -0.1) is 0 Å². The number of rotatable bonds is 6. The average molecular weight is 261 g/mol. The SMILES string of the molecule is CCc1ccc(CNc2ccc(OC)c(CO)c2)o1. The molecule has 1 aromatic heterocycles. The van der Waals surface area contributed by atoms with Gasteiger partial charge in [-0.05, 0) is 30.3 Å². The molecule has 0 radical (unpaired) electrons. The van der Waals surface area contributed by atoms with Crippen LogP contribution in [0.4, 0.5) is 5.69 Å². The van der Waals surface area contributed by atoms with Gasteiger partial charge in [0.15, 0.2) is 0 Å². The molecule has 2 N–H and O–H groups in total. The fourth-order valence-electron chi connectivity index (χ4n) is 1.91. The number of anilines is 1.